The molecule has 4 rings (SSSR count). The molecule has 13 heteroatoms. The molecular weight excluding hydrogens is 500 g/mol. The van der Waals surface area contributed by atoms with Crippen molar-refractivity contribution in [2.75, 3.05) is 18.9 Å². The molecule has 0 fully saturated rings. The van der Waals surface area contributed by atoms with Gasteiger partial charge in [0.15, 0.2) is 10.7 Å². The molecular formula is C24H26N6O6S. The quantitative estimate of drug-likeness (QED) is 0.351. The van der Waals surface area contributed by atoms with Gasteiger partial charge in [-0.25, -0.2) is 18.4 Å². The molecule has 0 radical (unpaired) electrons. The van der Waals surface area contributed by atoms with Gasteiger partial charge in [-0.2, -0.15) is 0 Å². The van der Waals surface area contributed by atoms with Gasteiger partial charge in [-0.3, -0.25) is 18.9 Å². The van der Waals surface area contributed by atoms with Crippen molar-refractivity contribution in [2.45, 2.75) is 32.2 Å². The van der Waals surface area contributed by atoms with Crippen LogP contribution in [0.3, 0.4) is 0 Å². The summed E-state index contributed by atoms with van der Waals surface area (Å²) in [5.41, 5.74) is 1.64. The molecule has 0 aliphatic carbocycles. The second-order valence-corrected chi connectivity index (χ2v) is 10.1. The Kier molecular flexibility index (Phi) is 6.99. The van der Waals surface area contributed by atoms with E-state index >= 15 is 0 Å². The minimum atomic E-state index is -4.05. The predicted molar refractivity (Wildman–Crippen MR) is 136 cm³/mol. The minimum absolute atomic E-state index is 0.0621. The molecule has 1 amide bonds. The van der Waals surface area contributed by atoms with E-state index in [2.05, 4.69) is 25.2 Å². The van der Waals surface area contributed by atoms with Crippen LogP contribution in [0.4, 0.5) is 5.69 Å². The predicted octanol–water partition coefficient (Wildman–Crippen LogP) is 2.25. The lowest BCUT2D eigenvalue weighted by Gasteiger charge is -2.14. The first-order chi connectivity index (χ1) is 17.6. The molecule has 0 bridgehead atoms. The maximum atomic E-state index is 13.2. The molecule has 1 unspecified atom stereocenters. The molecule has 194 valence electrons. The van der Waals surface area contributed by atoms with E-state index in [0.717, 1.165) is 0 Å². The van der Waals surface area contributed by atoms with Crippen LogP contribution in [0.2, 0.25) is 0 Å². The Morgan fingerprint density at radius 3 is 2.59 bits per heavy atom. The monoisotopic (exact) mass is 526 g/mol. The van der Waals surface area contributed by atoms with Crippen molar-refractivity contribution in [3.63, 3.8) is 0 Å². The molecule has 0 saturated carbocycles. The third-order valence-electron chi connectivity index (χ3n) is 5.85. The molecule has 12 nitrogen and oxygen atoms in total. The van der Waals surface area contributed by atoms with E-state index in [-0.39, 0.29) is 45.9 Å². The molecule has 3 heterocycles. The molecule has 0 aliphatic rings. The van der Waals surface area contributed by atoms with Crippen molar-refractivity contribution in [3.8, 4) is 17.0 Å². The molecule has 4 aromatic rings. The fourth-order valence-electron chi connectivity index (χ4n) is 3.99. The molecule has 0 saturated heterocycles. The van der Waals surface area contributed by atoms with Crippen molar-refractivity contribution >= 4 is 32.5 Å². The van der Waals surface area contributed by atoms with E-state index in [9.17, 15) is 18.0 Å². The normalized spacial score (nSPS) is 12.4. The number of hydrogen-bond donors (Lipinski definition) is 2. The molecule has 1 aromatic carbocycles. The Bertz CT molecular complexity index is 1640. The van der Waals surface area contributed by atoms with Gasteiger partial charge in [0.1, 0.15) is 11.4 Å². The fourth-order valence-corrected chi connectivity index (χ4v) is 5.37. The van der Waals surface area contributed by atoms with Gasteiger partial charge in [0.2, 0.25) is 11.8 Å². The Hall–Kier alpha value is -4.26. The van der Waals surface area contributed by atoms with E-state index in [1.807, 2.05) is 0 Å². The number of nitrogens with zero attached hydrogens (tertiary/aromatic N) is 4. The number of sulfonamides is 1. The first kappa shape index (κ1) is 25.8. The van der Waals surface area contributed by atoms with Gasteiger partial charge in [-0.15, -0.1) is 0 Å². The van der Waals surface area contributed by atoms with Crippen LogP contribution in [-0.4, -0.2) is 48.2 Å². The third kappa shape index (κ3) is 5.03. The van der Waals surface area contributed by atoms with Crippen molar-refractivity contribution in [1.29, 1.82) is 0 Å². The van der Waals surface area contributed by atoms with Gasteiger partial charge in [-0.05, 0) is 37.6 Å². The van der Waals surface area contributed by atoms with E-state index in [1.54, 1.807) is 31.2 Å². The van der Waals surface area contributed by atoms with Crippen LogP contribution in [0.1, 0.15) is 18.4 Å². The average Bonchev–Trinajstić information content (AvgIpc) is 3.23. The number of aromatic nitrogens is 4. The smallest absolute Gasteiger partial charge is 0.267 e. The Morgan fingerprint density at radius 1 is 1.19 bits per heavy atom. The zero-order valence-corrected chi connectivity index (χ0v) is 21.7. The highest BCUT2D eigenvalue weighted by Crippen LogP contribution is 2.32. The summed E-state index contributed by atoms with van der Waals surface area (Å²) in [6.07, 6.45) is 2.93. The van der Waals surface area contributed by atoms with Gasteiger partial charge in [0.05, 0.1) is 30.3 Å². The number of fused-ring (bicyclic) bond motifs is 1. The summed E-state index contributed by atoms with van der Waals surface area (Å²) >= 11 is 0. The minimum Gasteiger partial charge on any atom is -0.480 e. The van der Waals surface area contributed by atoms with E-state index in [4.69, 9.17) is 9.26 Å². The van der Waals surface area contributed by atoms with Crippen LogP contribution >= 0.6 is 0 Å². The van der Waals surface area contributed by atoms with Gasteiger partial charge in [-0.1, -0.05) is 18.1 Å². The Labute approximate surface area is 212 Å². The van der Waals surface area contributed by atoms with Crippen LogP contribution in [0.15, 0.2) is 51.0 Å². The Balaban J connectivity index is 1.74. The summed E-state index contributed by atoms with van der Waals surface area (Å²) in [7, 11) is -1.14. The number of carbonyl (C=O) groups excluding carboxylic acids is 1. The van der Waals surface area contributed by atoms with Crippen LogP contribution in [0.5, 0.6) is 5.88 Å². The number of ether oxygens (including phenoxy) is 1. The molecule has 1 atom stereocenters. The zero-order chi connectivity index (χ0) is 26.9. The van der Waals surface area contributed by atoms with Gasteiger partial charge in [0, 0.05) is 25.4 Å². The summed E-state index contributed by atoms with van der Waals surface area (Å²) < 4.78 is 40.3. The number of anilines is 1. The number of aryl methyl sites for hydroxylation is 2. The van der Waals surface area contributed by atoms with Crippen LogP contribution in [-0.2, 0) is 21.4 Å². The second kappa shape index (κ2) is 10.0. The van der Waals surface area contributed by atoms with Gasteiger partial charge >= 0.3 is 0 Å². The largest absolute Gasteiger partial charge is 0.480 e. The van der Waals surface area contributed by atoms with Crippen molar-refractivity contribution < 1.29 is 22.5 Å². The van der Waals surface area contributed by atoms with Gasteiger partial charge in [0.25, 0.3) is 15.6 Å². The highest BCUT2D eigenvalue weighted by Gasteiger charge is 2.26. The lowest BCUT2D eigenvalue weighted by molar-refractivity contribution is -0.124. The summed E-state index contributed by atoms with van der Waals surface area (Å²) in [4.78, 5) is 33.6. The van der Waals surface area contributed by atoms with E-state index in [0.29, 0.717) is 22.0 Å². The Morgan fingerprint density at radius 2 is 1.95 bits per heavy atom. The maximum absolute atomic E-state index is 13.2. The van der Waals surface area contributed by atoms with Crippen molar-refractivity contribution in [2.24, 2.45) is 5.92 Å². The molecule has 2 N–H and O–H groups in total. The molecule has 37 heavy (non-hydrogen) atoms. The highest BCUT2D eigenvalue weighted by atomic mass is 32.2. The summed E-state index contributed by atoms with van der Waals surface area (Å²) in [5.74, 6) is -0.398. The molecule has 0 spiro atoms. The lowest BCUT2D eigenvalue weighted by Crippen LogP contribution is -2.32. The first-order valence-corrected chi connectivity index (χ1v) is 12.7. The number of rotatable bonds is 8. The summed E-state index contributed by atoms with van der Waals surface area (Å²) in [5, 5.41) is 6.62. The second-order valence-electron chi connectivity index (χ2n) is 8.49. The first-order valence-electron chi connectivity index (χ1n) is 11.3. The number of methoxy groups -OCH3 is 1. The maximum Gasteiger partial charge on any atom is 0.267 e. The van der Waals surface area contributed by atoms with E-state index < -0.39 is 15.9 Å². The van der Waals surface area contributed by atoms with Gasteiger partial charge < -0.3 is 14.6 Å². The molecule has 0 aliphatic heterocycles. The number of carbonyl (C=O) groups is 1. The number of amides is 1. The average molecular weight is 527 g/mol. The number of nitrogens with one attached hydrogen (secondary N) is 2. The number of pyridine rings is 1. The number of hydrogen-bond acceptors (Lipinski definition) is 9. The van der Waals surface area contributed by atoms with Crippen LogP contribution < -0.4 is 20.3 Å². The highest BCUT2D eigenvalue weighted by molar-refractivity contribution is 7.92. The van der Waals surface area contributed by atoms with Crippen molar-refractivity contribution in [1.82, 2.24) is 25.0 Å². The van der Waals surface area contributed by atoms with Crippen LogP contribution in [0.25, 0.3) is 22.0 Å². The lowest BCUT2D eigenvalue weighted by atomic mass is 10.0. The topological polar surface area (TPSA) is 158 Å². The SMILES string of the molecule is CNC(=O)C(C)Cn1cnc2ccc(-c3cnc(OC)c(NS(=O)(=O)c4c(C)noc4C)c3)cc2c1=O. The molecule has 3 aromatic heterocycles. The standard InChI is InChI=1S/C24H26N6O6S/c1-13(22(31)25-4)11-30-12-27-19-7-6-16(8-18(19)24(30)32)17-9-20(23(35-5)26-10-17)29-37(33,34)21-14(2)28-36-15(21)3/h6-10,12-13,29H,11H2,1-5H3,(H,25,31). The zero-order valence-electron chi connectivity index (χ0n) is 20.9. The summed E-state index contributed by atoms with van der Waals surface area (Å²) in [6, 6.07) is 6.66. The van der Waals surface area contributed by atoms with Crippen LogP contribution in [0, 0.1) is 19.8 Å². The third-order valence-corrected chi connectivity index (χ3v) is 7.46. The van der Waals surface area contributed by atoms with E-state index in [1.165, 1.54) is 45.1 Å². The number of benzene rings is 1. The van der Waals surface area contributed by atoms with Crippen molar-refractivity contribution in [3.05, 3.63) is 58.6 Å². The fraction of sp³-hybridized carbons (Fsp3) is 0.292. The summed E-state index contributed by atoms with van der Waals surface area (Å²) in [6.45, 7) is 4.93.